The van der Waals surface area contributed by atoms with Crippen LogP contribution in [-0.4, -0.2) is 71.7 Å². The van der Waals surface area contributed by atoms with Gasteiger partial charge in [0.15, 0.2) is 11.6 Å². The van der Waals surface area contributed by atoms with Crippen molar-refractivity contribution in [3.63, 3.8) is 0 Å². The molecule has 5 rings (SSSR count). The lowest BCUT2D eigenvalue weighted by molar-refractivity contribution is -0.168. The number of carbonyl (C=O) groups is 1. The van der Waals surface area contributed by atoms with Crippen molar-refractivity contribution < 1.29 is 37.2 Å². The lowest BCUT2D eigenvalue weighted by atomic mass is 9.58. The zero-order valence-corrected chi connectivity index (χ0v) is 30.6. The first-order valence-corrected chi connectivity index (χ1v) is 18.3. The zero-order chi connectivity index (χ0) is 37.2. The molecule has 0 aliphatic carbocycles. The molecular formula is C35H46F2N7O6P. The number of carbonyl (C=O) groups excluding carboxylic acids is 1. The predicted molar refractivity (Wildman–Crippen MR) is 190 cm³/mol. The number of halogens is 2. The Labute approximate surface area is 296 Å². The van der Waals surface area contributed by atoms with E-state index >= 15 is 0 Å². The lowest BCUT2D eigenvalue weighted by Crippen LogP contribution is -2.65. The van der Waals surface area contributed by atoms with Crippen LogP contribution in [0, 0.1) is 22.5 Å². The van der Waals surface area contributed by atoms with Gasteiger partial charge in [-0.1, -0.05) is 47.6 Å². The van der Waals surface area contributed by atoms with Gasteiger partial charge in [0, 0.05) is 30.2 Å². The number of benzene rings is 2. The molecule has 0 unspecified atom stereocenters. The fraction of sp³-hybridized carbons (Fsp3) is 0.486. The van der Waals surface area contributed by atoms with Crippen molar-refractivity contribution >= 4 is 41.8 Å². The summed E-state index contributed by atoms with van der Waals surface area (Å²) in [5.41, 5.74) is -1.31. The highest BCUT2D eigenvalue weighted by molar-refractivity contribution is 7.46. The SMILES string of the molecule is CC(C)(C)C(OP(=O)(O)O)([C@H]1CCCN1CCCOc1ccc2c(Nc3cnn(CC(=O)Nc4cccc(F)c4F)c3)ncnc2c1)C(C)(C)C. The Morgan fingerprint density at radius 2 is 1.82 bits per heavy atom. The third kappa shape index (κ3) is 8.73. The minimum absolute atomic E-state index is 0.192. The van der Waals surface area contributed by atoms with Crippen molar-refractivity contribution in [1.82, 2.24) is 24.6 Å². The Hall–Kier alpha value is -4.01. The predicted octanol–water partition coefficient (Wildman–Crippen LogP) is 6.66. The molecule has 4 N–H and O–H groups in total. The van der Waals surface area contributed by atoms with E-state index in [4.69, 9.17) is 9.26 Å². The Morgan fingerprint density at radius 3 is 2.53 bits per heavy atom. The Bertz CT molecular complexity index is 1890. The molecule has 0 bridgehead atoms. The number of hydrogen-bond acceptors (Lipinski definition) is 9. The van der Waals surface area contributed by atoms with E-state index in [9.17, 15) is 27.9 Å². The van der Waals surface area contributed by atoms with Crippen molar-refractivity contribution in [2.45, 2.75) is 79.0 Å². The first-order chi connectivity index (χ1) is 23.9. The van der Waals surface area contributed by atoms with Gasteiger partial charge in [-0.25, -0.2) is 23.3 Å². The second-order valence-corrected chi connectivity index (χ2v) is 16.0. The molecule has 51 heavy (non-hydrogen) atoms. The number of nitrogens with zero attached hydrogens (tertiary/aromatic N) is 5. The van der Waals surface area contributed by atoms with Gasteiger partial charge in [0.1, 0.15) is 30.0 Å². The summed E-state index contributed by atoms with van der Waals surface area (Å²) in [5, 5.41) is 10.4. The lowest BCUT2D eigenvalue weighted by Gasteiger charge is -2.57. The highest BCUT2D eigenvalue weighted by Crippen LogP contribution is 2.59. The molecule has 0 radical (unpaired) electrons. The van der Waals surface area contributed by atoms with Crippen LogP contribution in [0.5, 0.6) is 5.75 Å². The molecule has 1 fully saturated rings. The number of aromatic nitrogens is 4. The third-order valence-corrected chi connectivity index (χ3v) is 9.74. The van der Waals surface area contributed by atoms with Gasteiger partial charge in [-0.05, 0) is 60.9 Å². The fourth-order valence-corrected chi connectivity index (χ4v) is 8.52. The van der Waals surface area contributed by atoms with Crippen LogP contribution in [0.2, 0.25) is 0 Å². The maximum atomic E-state index is 13.9. The van der Waals surface area contributed by atoms with Crippen LogP contribution in [-0.2, 0) is 20.4 Å². The van der Waals surface area contributed by atoms with E-state index in [1.807, 2.05) is 59.7 Å². The normalized spacial score (nSPS) is 16.1. The number of amides is 1. The van der Waals surface area contributed by atoms with E-state index in [0.29, 0.717) is 42.3 Å². The number of nitrogens with one attached hydrogen (secondary N) is 2. The van der Waals surface area contributed by atoms with E-state index in [1.165, 1.54) is 29.3 Å². The van der Waals surface area contributed by atoms with Crippen molar-refractivity contribution in [3.05, 3.63) is 66.8 Å². The zero-order valence-electron chi connectivity index (χ0n) is 29.7. The number of fused-ring (bicyclic) bond motifs is 1. The first kappa shape index (κ1) is 38.2. The number of hydrogen-bond donors (Lipinski definition) is 4. The summed E-state index contributed by atoms with van der Waals surface area (Å²) in [6, 6.07) is 8.84. The summed E-state index contributed by atoms with van der Waals surface area (Å²) < 4.78 is 53.0. The first-order valence-electron chi connectivity index (χ1n) is 16.8. The molecule has 3 heterocycles. The second kappa shape index (κ2) is 14.9. The molecule has 16 heteroatoms. The average Bonchev–Trinajstić information content (AvgIpc) is 3.68. The van der Waals surface area contributed by atoms with Crippen LogP contribution < -0.4 is 15.4 Å². The Kier molecular flexibility index (Phi) is 11.2. The van der Waals surface area contributed by atoms with Crippen molar-refractivity contribution in [3.8, 4) is 5.75 Å². The van der Waals surface area contributed by atoms with Gasteiger partial charge in [0.05, 0.1) is 29.7 Å². The van der Waals surface area contributed by atoms with E-state index in [-0.39, 0.29) is 18.3 Å². The monoisotopic (exact) mass is 729 g/mol. The van der Waals surface area contributed by atoms with Crippen LogP contribution in [0.3, 0.4) is 0 Å². The summed E-state index contributed by atoms with van der Waals surface area (Å²) in [6.07, 6.45) is 6.87. The maximum Gasteiger partial charge on any atom is 0.470 e. The summed E-state index contributed by atoms with van der Waals surface area (Å²) in [6.45, 7) is 13.5. The minimum Gasteiger partial charge on any atom is -0.493 e. The molecule has 4 aromatic rings. The summed E-state index contributed by atoms with van der Waals surface area (Å²) in [5.74, 6) is -1.63. The molecule has 1 saturated heterocycles. The average molecular weight is 730 g/mol. The van der Waals surface area contributed by atoms with Gasteiger partial charge in [0.2, 0.25) is 5.91 Å². The van der Waals surface area contributed by atoms with E-state index in [0.717, 1.165) is 30.8 Å². The van der Waals surface area contributed by atoms with Gasteiger partial charge < -0.3 is 25.2 Å². The second-order valence-electron chi connectivity index (χ2n) is 14.8. The summed E-state index contributed by atoms with van der Waals surface area (Å²) >= 11 is 0. The van der Waals surface area contributed by atoms with Gasteiger partial charge in [-0.3, -0.25) is 18.9 Å². The molecule has 13 nitrogen and oxygen atoms in total. The molecule has 1 aliphatic rings. The molecule has 0 spiro atoms. The van der Waals surface area contributed by atoms with Gasteiger partial charge in [-0.2, -0.15) is 5.10 Å². The molecule has 276 valence electrons. The number of phosphoric acid groups is 1. The van der Waals surface area contributed by atoms with Gasteiger partial charge >= 0.3 is 7.82 Å². The van der Waals surface area contributed by atoms with Crippen molar-refractivity contribution in [1.29, 1.82) is 0 Å². The van der Waals surface area contributed by atoms with Crippen LogP contribution >= 0.6 is 7.82 Å². The van der Waals surface area contributed by atoms with Crippen LogP contribution in [0.25, 0.3) is 10.9 Å². The smallest absolute Gasteiger partial charge is 0.470 e. The van der Waals surface area contributed by atoms with E-state index in [2.05, 4.69) is 30.6 Å². The topological polar surface area (TPSA) is 164 Å². The Morgan fingerprint density at radius 1 is 1.08 bits per heavy atom. The van der Waals surface area contributed by atoms with Crippen molar-refractivity contribution in [2.75, 3.05) is 30.3 Å². The fourth-order valence-electron chi connectivity index (χ4n) is 7.47. The highest BCUT2D eigenvalue weighted by Gasteiger charge is 2.61. The third-order valence-electron chi connectivity index (χ3n) is 9.22. The van der Waals surface area contributed by atoms with Crippen molar-refractivity contribution in [2.24, 2.45) is 10.8 Å². The van der Waals surface area contributed by atoms with E-state index < -0.39 is 41.8 Å². The van der Waals surface area contributed by atoms with Crippen LogP contribution in [0.15, 0.2) is 55.1 Å². The van der Waals surface area contributed by atoms with Crippen LogP contribution in [0.4, 0.5) is 26.0 Å². The Balaban J connectivity index is 1.19. The van der Waals surface area contributed by atoms with Gasteiger partial charge in [0.25, 0.3) is 0 Å². The number of phosphoric ester groups is 1. The molecule has 0 saturated carbocycles. The quantitative estimate of drug-likeness (QED) is 0.0860. The largest absolute Gasteiger partial charge is 0.493 e. The molecule has 1 atom stereocenters. The molecule has 1 aliphatic heterocycles. The number of anilines is 3. The maximum absolute atomic E-state index is 13.9. The summed E-state index contributed by atoms with van der Waals surface area (Å²) in [4.78, 5) is 43.5. The number of ether oxygens (including phenoxy) is 1. The number of rotatable bonds is 13. The standard InChI is InChI=1S/C35H46F2N7O6P/c1-33(2,3)35(34(4,5)6,50-51(46,47)48)29-12-8-15-43(29)16-9-17-49-24-13-14-25-28(18-24)38-22-39-32(25)41-23-19-40-44(20-23)21-30(45)42-27-11-7-10-26(36)31(27)37/h7,10-11,13-14,18-20,22,29H,8-9,12,15-17,21H2,1-6H3,(H,42,45)(H,38,39,41)(H2,46,47,48)/t29-/m1/s1. The molecule has 1 amide bonds. The minimum atomic E-state index is -4.80. The molecule has 2 aromatic carbocycles. The van der Waals surface area contributed by atoms with Crippen LogP contribution in [0.1, 0.15) is 60.8 Å². The molecule has 2 aromatic heterocycles. The summed E-state index contributed by atoms with van der Waals surface area (Å²) in [7, 11) is -4.80. The molecular weight excluding hydrogens is 683 g/mol. The van der Waals surface area contributed by atoms with E-state index in [1.54, 1.807) is 6.20 Å². The number of likely N-dealkylation sites (tertiary alicyclic amines) is 1. The highest BCUT2D eigenvalue weighted by atomic mass is 31.2. The van der Waals surface area contributed by atoms with Gasteiger partial charge in [-0.15, -0.1) is 0 Å².